The highest BCUT2D eigenvalue weighted by Gasteiger charge is 2.07. The SMILES string of the molecule is CCCNc1nc2ccccc2cc1CSCC(C)C. The highest BCUT2D eigenvalue weighted by atomic mass is 32.2. The van der Waals surface area contributed by atoms with Crippen LogP contribution in [0.4, 0.5) is 5.82 Å². The molecule has 0 bridgehead atoms. The Morgan fingerprint density at radius 2 is 2.05 bits per heavy atom. The lowest BCUT2D eigenvalue weighted by atomic mass is 10.1. The summed E-state index contributed by atoms with van der Waals surface area (Å²) in [5.74, 6) is 4.02. The average molecular weight is 288 g/mol. The molecule has 1 aromatic carbocycles. The van der Waals surface area contributed by atoms with Crippen LogP contribution in [0.15, 0.2) is 30.3 Å². The van der Waals surface area contributed by atoms with Gasteiger partial charge < -0.3 is 5.32 Å². The number of nitrogens with zero attached hydrogens (tertiary/aromatic N) is 1. The van der Waals surface area contributed by atoms with Crippen LogP contribution in [0.1, 0.15) is 32.8 Å². The molecule has 2 rings (SSSR count). The molecular formula is C17H24N2S. The van der Waals surface area contributed by atoms with Crippen molar-refractivity contribution in [3.63, 3.8) is 0 Å². The molecule has 1 N–H and O–H groups in total. The van der Waals surface area contributed by atoms with E-state index in [4.69, 9.17) is 4.98 Å². The maximum atomic E-state index is 4.79. The van der Waals surface area contributed by atoms with Gasteiger partial charge in [-0.05, 0) is 30.2 Å². The van der Waals surface area contributed by atoms with E-state index in [9.17, 15) is 0 Å². The van der Waals surface area contributed by atoms with Crippen LogP contribution in [-0.2, 0) is 5.75 Å². The quantitative estimate of drug-likeness (QED) is 0.780. The highest BCUT2D eigenvalue weighted by Crippen LogP contribution is 2.25. The Morgan fingerprint density at radius 1 is 1.25 bits per heavy atom. The molecule has 0 amide bonds. The van der Waals surface area contributed by atoms with Gasteiger partial charge in [0.25, 0.3) is 0 Å². The summed E-state index contributed by atoms with van der Waals surface area (Å²) in [6.45, 7) is 7.69. The molecule has 0 saturated carbocycles. The maximum absolute atomic E-state index is 4.79. The van der Waals surface area contributed by atoms with Gasteiger partial charge in [-0.3, -0.25) is 0 Å². The molecule has 1 aromatic heterocycles. The normalized spacial score (nSPS) is 11.2. The minimum absolute atomic E-state index is 0.737. The molecule has 0 aliphatic carbocycles. The maximum Gasteiger partial charge on any atom is 0.130 e. The molecule has 2 aromatic rings. The highest BCUT2D eigenvalue weighted by molar-refractivity contribution is 7.98. The third-order valence-corrected chi connectivity index (χ3v) is 4.47. The van der Waals surface area contributed by atoms with Crippen molar-refractivity contribution in [1.29, 1.82) is 0 Å². The van der Waals surface area contributed by atoms with E-state index in [1.807, 2.05) is 17.8 Å². The van der Waals surface area contributed by atoms with Gasteiger partial charge in [-0.1, -0.05) is 39.0 Å². The van der Waals surface area contributed by atoms with E-state index in [1.54, 1.807) is 0 Å². The fourth-order valence-electron chi connectivity index (χ4n) is 2.07. The van der Waals surface area contributed by atoms with Gasteiger partial charge in [0.05, 0.1) is 5.52 Å². The molecule has 0 radical (unpaired) electrons. The van der Waals surface area contributed by atoms with E-state index in [0.717, 1.165) is 36.0 Å². The zero-order valence-corrected chi connectivity index (χ0v) is 13.5. The number of hydrogen-bond acceptors (Lipinski definition) is 3. The molecule has 108 valence electrons. The number of anilines is 1. The summed E-state index contributed by atoms with van der Waals surface area (Å²) >= 11 is 1.99. The topological polar surface area (TPSA) is 24.9 Å². The Labute approximate surface area is 126 Å². The molecule has 0 aliphatic rings. The fourth-order valence-corrected chi connectivity index (χ4v) is 3.10. The molecule has 20 heavy (non-hydrogen) atoms. The standard InChI is InChI=1S/C17H24N2S/c1-4-9-18-17-15(12-20-11-13(2)3)10-14-7-5-6-8-16(14)19-17/h5-8,10,13H,4,9,11-12H2,1-3H3,(H,18,19). The number of nitrogens with one attached hydrogen (secondary N) is 1. The van der Waals surface area contributed by atoms with E-state index < -0.39 is 0 Å². The summed E-state index contributed by atoms with van der Waals surface area (Å²) in [5.41, 5.74) is 2.39. The van der Waals surface area contributed by atoms with Crippen molar-refractivity contribution >= 4 is 28.5 Å². The lowest BCUT2D eigenvalue weighted by molar-refractivity contribution is 0.750. The van der Waals surface area contributed by atoms with Gasteiger partial charge in [0.1, 0.15) is 5.82 Å². The van der Waals surface area contributed by atoms with Crippen LogP contribution >= 0.6 is 11.8 Å². The summed E-state index contributed by atoms with van der Waals surface area (Å²) in [6.07, 6.45) is 1.12. The molecule has 0 fully saturated rings. The molecule has 0 unspecified atom stereocenters. The Morgan fingerprint density at radius 3 is 2.80 bits per heavy atom. The summed E-state index contributed by atoms with van der Waals surface area (Å²) < 4.78 is 0. The molecule has 0 saturated heterocycles. The van der Waals surface area contributed by atoms with Gasteiger partial charge in [-0.15, -0.1) is 0 Å². The van der Waals surface area contributed by atoms with Crippen molar-refractivity contribution in [3.8, 4) is 0 Å². The Balaban J connectivity index is 2.23. The summed E-state index contributed by atoms with van der Waals surface area (Å²) in [6, 6.07) is 10.6. The number of aromatic nitrogens is 1. The number of thioether (sulfide) groups is 1. The third kappa shape index (κ3) is 4.14. The minimum atomic E-state index is 0.737. The van der Waals surface area contributed by atoms with Crippen LogP contribution in [0.3, 0.4) is 0 Å². The smallest absolute Gasteiger partial charge is 0.130 e. The van der Waals surface area contributed by atoms with E-state index in [2.05, 4.69) is 50.4 Å². The van der Waals surface area contributed by atoms with Crippen LogP contribution in [0.25, 0.3) is 10.9 Å². The van der Waals surface area contributed by atoms with Crippen molar-refractivity contribution in [3.05, 3.63) is 35.9 Å². The largest absolute Gasteiger partial charge is 0.370 e. The molecule has 3 heteroatoms. The number of rotatable bonds is 7. The average Bonchev–Trinajstić information content (AvgIpc) is 2.44. The lowest BCUT2D eigenvalue weighted by Crippen LogP contribution is -2.05. The van der Waals surface area contributed by atoms with Gasteiger partial charge in [0, 0.05) is 23.2 Å². The van der Waals surface area contributed by atoms with Crippen LogP contribution in [-0.4, -0.2) is 17.3 Å². The second-order valence-corrected chi connectivity index (χ2v) is 6.55. The van der Waals surface area contributed by atoms with Crippen molar-refractivity contribution in [2.75, 3.05) is 17.6 Å². The lowest BCUT2D eigenvalue weighted by Gasteiger charge is -2.12. The molecule has 1 heterocycles. The van der Waals surface area contributed by atoms with Crippen molar-refractivity contribution < 1.29 is 0 Å². The van der Waals surface area contributed by atoms with E-state index in [-0.39, 0.29) is 0 Å². The van der Waals surface area contributed by atoms with Gasteiger partial charge in [-0.2, -0.15) is 11.8 Å². The zero-order valence-electron chi connectivity index (χ0n) is 12.6. The Kier molecular flexibility index (Phi) is 5.72. The first-order chi connectivity index (χ1) is 9.70. The second-order valence-electron chi connectivity index (χ2n) is 5.52. The summed E-state index contributed by atoms with van der Waals surface area (Å²) in [5, 5.41) is 4.70. The first-order valence-electron chi connectivity index (χ1n) is 7.41. The number of hydrogen-bond donors (Lipinski definition) is 1. The van der Waals surface area contributed by atoms with Crippen LogP contribution in [0.2, 0.25) is 0 Å². The summed E-state index contributed by atoms with van der Waals surface area (Å²) in [7, 11) is 0. The van der Waals surface area contributed by atoms with Crippen molar-refractivity contribution in [2.24, 2.45) is 5.92 Å². The van der Waals surface area contributed by atoms with Crippen LogP contribution in [0, 0.1) is 5.92 Å². The number of fused-ring (bicyclic) bond motifs is 1. The monoisotopic (exact) mass is 288 g/mol. The zero-order chi connectivity index (χ0) is 14.4. The Hall–Kier alpha value is -1.22. The predicted octanol–water partition coefficient (Wildman–Crippen LogP) is 4.95. The molecule has 0 spiro atoms. The van der Waals surface area contributed by atoms with Gasteiger partial charge in [-0.25, -0.2) is 4.98 Å². The second kappa shape index (κ2) is 7.53. The molecular weight excluding hydrogens is 264 g/mol. The minimum Gasteiger partial charge on any atom is -0.370 e. The third-order valence-electron chi connectivity index (χ3n) is 3.05. The predicted molar refractivity (Wildman–Crippen MR) is 91.5 cm³/mol. The van der Waals surface area contributed by atoms with Gasteiger partial charge in [0.15, 0.2) is 0 Å². The van der Waals surface area contributed by atoms with Crippen LogP contribution < -0.4 is 5.32 Å². The van der Waals surface area contributed by atoms with Crippen LogP contribution in [0.5, 0.6) is 0 Å². The first kappa shape index (κ1) is 15.2. The number of para-hydroxylation sites is 1. The Bertz CT molecular complexity index is 552. The van der Waals surface area contributed by atoms with Gasteiger partial charge >= 0.3 is 0 Å². The van der Waals surface area contributed by atoms with Crippen molar-refractivity contribution in [1.82, 2.24) is 4.98 Å². The number of pyridine rings is 1. The van der Waals surface area contributed by atoms with E-state index in [0.29, 0.717) is 0 Å². The first-order valence-corrected chi connectivity index (χ1v) is 8.56. The molecule has 2 nitrogen and oxygen atoms in total. The fraction of sp³-hybridized carbons (Fsp3) is 0.471. The van der Waals surface area contributed by atoms with Gasteiger partial charge in [0.2, 0.25) is 0 Å². The van der Waals surface area contributed by atoms with E-state index >= 15 is 0 Å². The van der Waals surface area contributed by atoms with E-state index in [1.165, 1.54) is 16.7 Å². The molecule has 0 atom stereocenters. The number of benzene rings is 1. The van der Waals surface area contributed by atoms with Crippen molar-refractivity contribution in [2.45, 2.75) is 32.9 Å². The summed E-state index contributed by atoms with van der Waals surface area (Å²) in [4.78, 5) is 4.79. The molecule has 0 aliphatic heterocycles.